The van der Waals surface area contributed by atoms with E-state index in [2.05, 4.69) is 114 Å². The number of rotatable bonds is 4. The smallest absolute Gasteiger partial charge is 0.239 e. The van der Waals surface area contributed by atoms with Crippen LogP contribution in [0.15, 0.2) is 72.8 Å². The molecule has 0 saturated carbocycles. The number of anilines is 1. The van der Waals surface area contributed by atoms with Gasteiger partial charge in [0.2, 0.25) is 6.34 Å². The molecule has 0 radical (unpaired) electrons. The quantitative estimate of drug-likeness (QED) is 0.409. The van der Waals surface area contributed by atoms with Crippen LogP contribution >= 0.6 is 0 Å². The molecule has 30 heavy (non-hydrogen) atoms. The van der Waals surface area contributed by atoms with Crippen LogP contribution in [0, 0.1) is 20.8 Å². The van der Waals surface area contributed by atoms with Gasteiger partial charge < -0.3 is 4.57 Å². The number of hydrogen-bond acceptors (Lipinski definition) is 1. The summed E-state index contributed by atoms with van der Waals surface area (Å²) >= 11 is 0. The van der Waals surface area contributed by atoms with E-state index in [1.165, 1.54) is 44.7 Å². The van der Waals surface area contributed by atoms with Gasteiger partial charge in [0.05, 0.1) is 11.2 Å². The number of nitrogens with zero attached hydrogens (tertiary/aromatic N) is 3. The van der Waals surface area contributed by atoms with Crippen molar-refractivity contribution in [1.29, 1.82) is 0 Å². The Morgan fingerprint density at radius 3 is 2.30 bits per heavy atom. The standard InChI is InChI=1S/C27H28N3/c1-20-15-21(2)27(22(3)16-20)29-14-13-28(19-29)18-25-17-23-9-7-8-12-26(23)30(25)24-10-5-4-6-11-24/h4-12,15-17,19H,13-14,18H2,1-3H3/q+1. The Morgan fingerprint density at radius 2 is 1.53 bits per heavy atom. The minimum absolute atomic E-state index is 0.893. The zero-order valence-corrected chi connectivity index (χ0v) is 18.0. The van der Waals surface area contributed by atoms with Gasteiger partial charge in [-0.2, -0.15) is 0 Å². The number of para-hydroxylation sites is 2. The van der Waals surface area contributed by atoms with Crippen molar-refractivity contribution >= 4 is 22.9 Å². The lowest BCUT2D eigenvalue weighted by atomic mass is 10.0. The molecule has 0 bridgehead atoms. The summed E-state index contributed by atoms with van der Waals surface area (Å²) in [7, 11) is 0. The van der Waals surface area contributed by atoms with E-state index < -0.39 is 0 Å². The molecule has 0 N–H and O–H groups in total. The summed E-state index contributed by atoms with van der Waals surface area (Å²) in [5.41, 5.74) is 9.18. The highest BCUT2D eigenvalue weighted by Gasteiger charge is 2.25. The Hall–Kier alpha value is -3.33. The van der Waals surface area contributed by atoms with Crippen molar-refractivity contribution in [2.75, 3.05) is 18.0 Å². The van der Waals surface area contributed by atoms with Crippen LogP contribution in [0.25, 0.3) is 16.6 Å². The van der Waals surface area contributed by atoms with Gasteiger partial charge in [-0.3, -0.25) is 4.58 Å². The third kappa shape index (κ3) is 3.30. The zero-order valence-electron chi connectivity index (χ0n) is 18.0. The lowest BCUT2D eigenvalue weighted by Crippen LogP contribution is -2.20. The Kier molecular flexibility index (Phi) is 4.66. The van der Waals surface area contributed by atoms with E-state index in [0.29, 0.717) is 0 Å². The summed E-state index contributed by atoms with van der Waals surface area (Å²) in [5, 5.41) is 1.29. The average molecular weight is 395 g/mol. The number of aromatic nitrogens is 1. The summed E-state index contributed by atoms with van der Waals surface area (Å²) in [6, 6.07) is 26.2. The lowest BCUT2D eigenvalue weighted by molar-refractivity contribution is -0.530. The number of aryl methyl sites for hydroxylation is 3. The SMILES string of the molecule is Cc1cc(C)c(N2C=[N+](Cc3cc4ccccc4n3-c3ccccc3)CC2)c(C)c1. The summed E-state index contributed by atoms with van der Waals surface area (Å²) in [6.07, 6.45) is 2.30. The molecule has 2 heterocycles. The molecule has 0 spiro atoms. The van der Waals surface area contributed by atoms with Crippen molar-refractivity contribution in [3.8, 4) is 5.69 Å². The fourth-order valence-electron chi connectivity index (χ4n) is 4.88. The van der Waals surface area contributed by atoms with Gasteiger partial charge in [-0.15, -0.1) is 0 Å². The molecule has 3 nitrogen and oxygen atoms in total. The van der Waals surface area contributed by atoms with Gasteiger partial charge >= 0.3 is 0 Å². The average Bonchev–Trinajstić information content (AvgIpc) is 3.32. The fraction of sp³-hybridized carbons (Fsp3) is 0.222. The molecule has 0 fully saturated rings. The Morgan fingerprint density at radius 1 is 0.833 bits per heavy atom. The zero-order chi connectivity index (χ0) is 20.7. The van der Waals surface area contributed by atoms with Gasteiger partial charge in [-0.1, -0.05) is 54.1 Å². The minimum Gasteiger partial charge on any atom is -0.310 e. The number of benzene rings is 3. The first kappa shape index (κ1) is 18.7. The van der Waals surface area contributed by atoms with E-state index in [0.717, 1.165) is 19.6 Å². The van der Waals surface area contributed by atoms with E-state index >= 15 is 0 Å². The highest BCUT2D eigenvalue weighted by molar-refractivity contribution is 5.83. The molecule has 0 unspecified atom stereocenters. The van der Waals surface area contributed by atoms with Crippen LogP contribution in [0.1, 0.15) is 22.4 Å². The molecule has 5 rings (SSSR count). The minimum atomic E-state index is 0.893. The molecule has 0 saturated heterocycles. The van der Waals surface area contributed by atoms with E-state index in [-0.39, 0.29) is 0 Å². The molecule has 0 atom stereocenters. The molecule has 0 amide bonds. The van der Waals surface area contributed by atoms with Crippen molar-refractivity contribution in [2.24, 2.45) is 0 Å². The van der Waals surface area contributed by atoms with Crippen molar-refractivity contribution in [1.82, 2.24) is 4.57 Å². The van der Waals surface area contributed by atoms with Crippen molar-refractivity contribution in [3.63, 3.8) is 0 Å². The summed E-state index contributed by atoms with van der Waals surface area (Å²) in [4.78, 5) is 2.42. The maximum absolute atomic E-state index is 2.44. The van der Waals surface area contributed by atoms with Crippen LogP contribution in [-0.2, 0) is 6.54 Å². The molecule has 3 aromatic carbocycles. The summed E-state index contributed by atoms with van der Waals surface area (Å²) in [5.74, 6) is 0. The molecule has 1 aromatic heterocycles. The van der Waals surface area contributed by atoms with Gasteiger partial charge in [-0.05, 0) is 56.2 Å². The maximum Gasteiger partial charge on any atom is 0.239 e. The van der Waals surface area contributed by atoms with Crippen LogP contribution in [0.5, 0.6) is 0 Å². The van der Waals surface area contributed by atoms with Crippen LogP contribution in [0.4, 0.5) is 5.69 Å². The molecule has 4 aromatic rings. The topological polar surface area (TPSA) is 11.2 Å². The van der Waals surface area contributed by atoms with E-state index in [9.17, 15) is 0 Å². The van der Waals surface area contributed by atoms with Crippen LogP contribution in [-0.4, -0.2) is 28.6 Å². The first-order valence-corrected chi connectivity index (χ1v) is 10.7. The maximum atomic E-state index is 2.44. The molecule has 0 aliphatic carbocycles. The normalized spacial score (nSPS) is 13.8. The second-order valence-electron chi connectivity index (χ2n) is 8.39. The van der Waals surface area contributed by atoms with E-state index in [1.807, 2.05) is 0 Å². The summed E-state index contributed by atoms with van der Waals surface area (Å²) in [6.45, 7) is 9.56. The van der Waals surface area contributed by atoms with Gasteiger partial charge in [0.1, 0.15) is 25.3 Å². The fourth-order valence-corrected chi connectivity index (χ4v) is 4.88. The van der Waals surface area contributed by atoms with Gasteiger partial charge in [0.15, 0.2) is 0 Å². The molecular weight excluding hydrogens is 366 g/mol. The third-order valence-corrected chi connectivity index (χ3v) is 6.02. The first-order valence-electron chi connectivity index (χ1n) is 10.7. The van der Waals surface area contributed by atoms with Crippen molar-refractivity contribution in [2.45, 2.75) is 27.3 Å². The molecular formula is C27H28N3+. The van der Waals surface area contributed by atoms with Crippen LogP contribution in [0.2, 0.25) is 0 Å². The highest BCUT2D eigenvalue weighted by atomic mass is 15.3. The van der Waals surface area contributed by atoms with Crippen molar-refractivity contribution < 1.29 is 4.58 Å². The highest BCUT2D eigenvalue weighted by Crippen LogP contribution is 2.28. The lowest BCUT2D eigenvalue weighted by Gasteiger charge is -2.13. The molecule has 1 aliphatic heterocycles. The first-order chi connectivity index (χ1) is 14.6. The van der Waals surface area contributed by atoms with Gasteiger partial charge in [-0.25, -0.2) is 4.90 Å². The second-order valence-corrected chi connectivity index (χ2v) is 8.39. The Balaban J connectivity index is 1.52. The van der Waals surface area contributed by atoms with Gasteiger partial charge in [0.25, 0.3) is 0 Å². The molecule has 1 aliphatic rings. The van der Waals surface area contributed by atoms with Crippen LogP contribution in [0.3, 0.4) is 0 Å². The van der Waals surface area contributed by atoms with Crippen LogP contribution < -0.4 is 4.90 Å². The predicted molar refractivity (Wildman–Crippen MR) is 126 cm³/mol. The van der Waals surface area contributed by atoms with E-state index in [4.69, 9.17) is 0 Å². The van der Waals surface area contributed by atoms with Gasteiger partial charge in [0, 0.05) is 11.1 Å². The largest absolute Gasteiger partial charge is 0.310 e. The Bertz CT molecular complexity index is 1220. The monoisotopic (exact) mass is 394 g/mol. The Labute approximate surface area is 178 Å². The van der Waals surface area contributed by atoms with Crippen molar-refractivity contribution in [3.05, 3.63) is 95.2 Å². The third-order valence-electron chi connectivity index (χ3n) is 6.02. The second kappa shape index (κ2) is 7.49. The molecule has 3 heteroatoms. The molecule has 150 valence electrons. The van der Waals surface area contributed by atoms with E-state index in [1.54, 1.807) is 0 Å². The predicted octanol–water partition coefficient (Wildman–Crippen LogP) is 5.62. The summed E-state index contributed by atoms with van der Waals surface area (Å²) < 4.78 is 4.83. The number of fused-ring (bicyclic) bond motifs is 1. The number of hydrogen-bond donors (Lipinski definition) is 0.